The molecule has 6 heteroatoms. The molecule has 0 spiro atoms. The van der Waals surface area contributed by atoms with Gasteiger partial charge in [0.2, 0.25) is 0 Å². The number of esters is 1. The van der Waals surface area contributed by atoms with Gasteiger partial charge >= 0.3 is 5.97 Å². The van der Waals surface area contributed by atoms with E-state index in [1.54, 1.807) is 16.5 Å². The van der Waals surface area contributed by atoms with Crippen molar-refractivity contribution in [1.29, 1.82) is 0 Å². The molecule has 1 aliphatic rings. The highest BCUT2D eigenvalue weighted by Gasteiger charge is 2.28. The van der Waals surface area contributed by atoms with Crippen molar-refractivity contribution in [2.24, 2.45) is 0 Å². The number of hydrogen-bond acceptors (Lipinski definition) is 5. The van der Waals surface area contributed by atoms with Gasteiger partial charge in [-0.05, 0) is 38.6 Å². The lowest BCUT2D eigenvalue weighted by atomic mass is 10.2. The highest BCUT2D eigenvalue weighted by molar-refractivity contribution is 5.88. The van der Waals surface area contributed by atoms with Crippen LogP contribution < -0.4 is 0 Å². The Kier molecular flexibility index (Phi) is 2.94. The number of carbonyl (C=O) groups is 1. The maximum atomic E-state index is 11.9. The maximum absolute atomic E-state index is 11.9. The summed E-state index contributed by atoms with van der Waals surface area (Å²) in [6.07, 6.45) is 2.17. The quantitative estimate of drug-likeness (QED) is 0.761. The van der Waals surface area contributed by atoms with Crippen LogP contribution in [-0.2, 0) is 4.74 Å². The van der Waals surface area contributed by atoms with Crippen molar-refractivity contribution >= 4 is 11.6 Å². The van der Waals surface area contributed by atoms with E-state index >= 15 is 0 Å². The van der Waals surface area contributed by atoms with E-state index in [9.17, 15) is 4.79 Å². The van der Waals surface area contributed by atoms with Crippen LogP contribution in [0.3, 0.4) is 0 Å². The van der Waals surface area contributed by atoms with Crippen molar-refractivity contribution in [2.75, 3.05) is 20.7 Å². The number of aromatic nitrogens is 3. The molecule has 2 aromatic heterocycles. The van der Waals surface area contributed by atoms with Crippen LogP contribution in [0.25, 0.3) is 5.65 Å². The number of ether oxygens (including phenoxy) is 1. The molecule has 0 amide bonds. The smallest absolute Gasteiger partial charge is 0.355 e. The Hall–Kier alpha value is -1.95. The van der Waals surface area contributed by atoms with Gasteiger partial charge in [0.05, 0.1) is 13.2 Å². The summed E-state index contributed by atoms with van der Waals surface area (Å²) in [5, 5.41) is 8.42. The Morgan fingerprint density at radius 2 is 2.26 bits per heavy atom. The molecule has 0 saturated carbocycles. The van der Waals surface area contributed by atoms with Crippen LogP contribution in [0, 0.1) is 0 Å². The largest absolute Gasteiger partial charge is 0.464 e. The molecule has 100 valence electrons. The Labute approximate surface area is 111 Å². The molecule has 3 heterocycles. The Morgan fingerprint density at radius 1 is 1.42 bits per heavy atom. The molecule has 0 radical (unpaired) electrons. The number of fused-ring (bicyclic) bond motifs is 1. The molecule has 0 bridgehead atoms. The van der Waals surface area contributed by atoms with Crippen molar-refractivity contribution < 1.29 is 9.53 Å². The zero-order chi connectivity index (χ0) is 13.4. The second-order valence-corrected chi connectivity index (χ2v) is 4.79. The molecular weight excluding hydrogens is 244 g/mol. The Morgan fingerprint density at radius 3 is 2.95 bits per heavy atom. The van der Waals surface area contributed by atoms with E-state index in [1.165, 1.54) is 7.11 Å². The number of carbonyl (C=O) groups excluding carboxylic acids is 1. The lowest BCUT2D eigenvalue weighted by Gasteiger charge is -2.18. The summed E-state index contributed by atoms with van der Waals surface area (Å²) in [7, 11) is 3.45. The molecule has 3 rings (SSSR count). The number of nitrogens with zero attached hydrogens (tertiary/aromatic N) is 4. The summed E-state index contributed by atoms with van der Waals surface area (Å²) in [6.45, 7) is 1.04. The van der Waals surface area contributed by atoms with E-state index < -0.39 is 0 Å². The number of hydrogen-bond donors (Lipinski definition) is 0. The zero-order valence-corrected chi connectivity index (χ0v) is 11.0. The standard InChI is InChI=1S/C13H16N4O2/c1-16-8-4-6-9(16)12-15-14-11-7-3-5-10(17(11)12)13(18)19-2/h3,5,7,9H,4,6,8H2,1-2H3. The van der Waals surface area contributed by atoms with Crippen molar-refractivity contribution in [3.63, 3.8) is 0 Å². The van der Waals surface area contributed by atoms with Gasteiger partial charge in [0.15, 0.2) is 11.5 Å². The van der Waals surface area contributed by atoms with Crippen LogP contribution in [0.15, 0.2) is 18.2 Å². The normalized spacial score (nSPS) is 20.0. The lowest BCUT2D eigenvalue weighted by molar-refractivity contribution is 0.0591. The van der Waals surface area contributed by atoms with E-state index in [1.807, 2.05) is 6.07 Å². The number of pyridine rings is 1. The van der Waals surface area contributed by atoms with Gasteiger partial charge in [-0.25, -0.2) is 4.79 Å². The van der Waals surface area contributed by atoms with Crippen LogP contribution in [0.2, 0.25) is 0 Å². The van der Waals surface area contributed by atoms with Gasteiger partial charge < -0.3 is 4.74 Å². The van der Waals surface area contributed by atoms with Gasteiger partial charge in [-0.15, -0.1) is 10.2 Å². The fourth-order valence-electron chi connectivity index (χ4n) is 2.68. The van der Waals surface area contributed by atoms with E-state index in [4.69, 9.17) is 4.74 Å². The van der Waals surface area contributed by atoms with E-state index in [0.29, 0.717) is 11.3 Å². The fourth-order valence-corrected chi connectivity index (χ4v) is 2.68. The molecule has 6 nitrogen and oxygen atoms in total. The molecule has 1 aliphatic heterocycles. The number of likely N-dealkylation sites (tertiary alicyclic amines) is 1. The van der Waals surface area contributed by atoms with Crippen LogP contribution in [-0.4, -0.2) is 46.2 Å². The molecule has 0 N–H and O–H groups in total. The molecule has 1 unspecified atom stereocenters. The third-order valence-electron chi connectivity index (χ3n) is 3.67. The summed E-state index contributed by atoms with van der Waals surface area (Å²) < 4.78 is 6.63. The van der Waals surface area contributed by atoms with Crippen molar-refractivity contribution in [2.45, 2.75) is 18.9 Å². The van der Waals surface area contributed by atoms with Gasteiger partial charge in [-0.2, -0.15) is 0 Å². The predicted molar refractivity (Wildman–Crippen MR) is 68.9 cm³/mol. The van der Waals surface area contributed by atoms with Crippen LogP contribution in [0.4, 0.5) is 0 Å². The van der Waals surface area contributed by atoms with Crippen LogP contribution >= 0.6 is 0 Å². The van der Waals surface area contributed by atoms with Crippen molar-refractivity contribution in [1.82, 2.24) is 19.5 Å². The first-order valence-corrected chi connectivity index (χ1v) is 6.35. The highest BCUT2D eigenvalue weighted by Crippen LogP contribution is 2.29. The van der Waals surface area contributed by atoms with Gasteiger partial charge in [0.1, 0.15) is 5.69 Å². The van der Waals surface area contributed by atoms with Gasteiger partial charge in [0.25, 0.3) is 0 Å². The van der Waals surface area contributed by atoms with Crippen LogP contribution in [0.1, 0.15) is 35.2 Å². The minimum Gasteiger partial charge on any atom is -0.464 e. The third kappa shape index (κ3) is 1.88. The first-order chi connectivity index (χ1) is 9.22. The molecule has 1 saturated heterocycles. The Bertz CT molecular complexity index is 622. The first-order valence-electron chi connectivity index (χ1n) is 6.35. The van der Waals surface area contributed by atoms with Crippen molar-refractivity contribution in [3.05, 3.63) is 29.7 Å². The first kappa shape index (κ1) is 12.1. The highest BCUT2D eigenvalue weighted by atomic mass is 16.5. The predicted octanol–water partition coefficient (Wildman–Crippen LogP) is 1.28. The van der Waals surface area contributed by atoms with E-state index in [0.717, 1.165) is 25.2 Å². The monoisotopic (exact) mass is 260 g/mol. The van der Waals surface area contributed by atoms with Crippen molar-refractivity contribution in [3.8, 4) is 0 Å². The molecule has 2 aromatic rings. The molecule has 1 fully saturated rings. The number of rotatable bonds is 2. The second-order valence-electron chi connectivity index (χ2n) is 4.79. The average molecular weight is 260 g/mol. The third-order valence-corrected chi connectivity index (χ3v) is 3.67. The summed E-state index contributed by atoms with van der Waals surface area (Å²) in [6, 6.07) is 5.58. The lowest BCUT2D eigenvalue weighted by Crippen LogP contribution is -2.21. The summed E-state index contributed by atoms with van der Waals surface area (Å²) in [5.41, 5.74) is 1.15. The molecule has 0 aromatic carbocycles. The average Bonchev–Trinajstić information content (AvgIpc) is 3.03. The summed E-state index contributed by atoms with van der Waals surface area (Å²) in [4.78, 5) is 14.1. The SMILES string of the molecule is COC(=O)c1cccc2nnc(C3CCCN3C)n12. The molecule has 1 atom stereocenters. The van der Waals surface area contributed by atoms with Gasteiger partial charge in [-0.1, -0.05) is 6.07 Å². The van der Waals surface area contributed by atoms with Gasteiger partial charge in [-0.3, -0.25) is 9.30 Å². The minimum absolute atomic E-state index is 0.209. The molecular formula is C13H16N4O2. The topological polar surface area (TPSA) is 59.7 Å². The molecule has 19 heavy (non-hydrogen) atoms. The summed E-state index contributed by atoms with van der Waals surface area (Å²) >= 11 is 0. The summed E-state index contributed by atoms with van der Waals surface area (Å²) in [5.74, 6) is 0.447. The zero-order valence-electron chi connectivity index (χ0n) is 11.0. The molecule has 0 aliphatic carbocycles. The second kappa shape index (κ2) is 4.62. The van der Waals surface area contributed by atoms with E-state index in [-0.39, 0.29) is 12.0 Å². The van der Waals surface area contributed by atoms with E-state index in [2.05, 4.69) is 22.1 Å². The number of methoxy groups -OCH3 is 1. The van der Waals surface area contributed by atoms with Gasteiger partial charge in [0, 0.05) is 0 Å². The van der Waals surface area contributed by atoms with Crippen LogP contribution in [0.5, 0.6) is 0 Å². The Balaban J connectivity index is 2.17. The minimum atomic E-state index is -0.368. The maximum Gasteiger partial charge on any atom is 0.355 e. The fraction of sp³-hybridized carbons (Fsp3) is 0.462.